The number of aryl methyl sites for hydroxylation is 1. The van der Waals surface area contributed by atoms with Crippen LogP contribution >= 0.6 is 27.3 Å². The molecular weight excluding hydrogens is 334 g/mol. The number of fused-ring (bicyclic) bond motifs is 1. The van der Waals surface area contributed by atoms with Crippen molar-refractivity contribution >= 4 is 33.2 Å². The van der Waals surface area contributed by atoms with Crippen molar-refractivity contribution in [2.24, 2.45) is 5.92 Å². The number of carbonyl (C=O) groups excluding carboxylic acids is 1. The van der Waals surface area contributed by atoms with E-state index in [1.54, 1.807) is 11.3 Å². The summed E-state index contributed by atoms with van der Waals surface area (Å²) in [7, 11) is 0. The molecule has 20 heavy (non-hydrogen) atoms. The van der Waals surface area contributed by atoms with Crippen LogP contribution in [0.4, 0.5) is 0 Å². The molecule has 1 aliphatic carbocycles. The average Bonchev–Trinajstić information content (AvgIpc) is 2.90. The lowest BCUT2D eigenvalue weighted by Crippen LogP contribution is -2.33. The molecule has 0 bridgehead atoms. The molecule has 2 nitrogen and oxygen atoms in total. The third kappa shape index (κ3) is 3.13. The van der Waals surface area contributed by atoms with Crippen molar-refractivity contribution < 1.29 is 4.79 Å². The molecule has 104 valence electrons. The van der Waals surface area contributed by atoms with Crippen molar-refractivity contribution in [2.75, 3.05) is 0 Å². The number of thiophene rings is 1. The number of hydrogen-bond acceptors (Lipinski definition) is 2. The molecule has 0 radical (unpaired) electrons. The molecule has 0 saturated heterocycles. The summed E-state index contributed by atoms with van der Waals surface area (Å²) in [6.45, 7) is 0.632. The quantitative estimate of drug-likeness (QED) is 0.893. The lowest BCUT2D eigenvalue weighted by Gasteiger charge is -2.23. The molecule has 1 aromatic heterocycles. The molecule has 4 heteroatoms. The zero-order valence-corrected chi connectivity index (χ0v) is 13.5. The Bertz CT molecular complexity index is 622. The molecule has 3 rings (SSSR count). The highest BCUT2D eigenvalue weighted by Gasteiger charge is 2.24. The second-order valence-electron chi connectivity index (χ2n) is 5.13. The minimum absolute atomic E-state index is 0.119. The molecule has 1 amide bonds. The molecule has 0 aliphatic heterocycles. The van der Waals surface area contributed by atoms with Crippen molar-refractivity contribution in [3.8, 4) is 0 Å². The lowest BCUT2D eigenvalue weighted by atomic mass is 9.83. The van der Waals surface area contributed by atoms with Gasteiger partial charge in [-0.15, -0.1) is 11.3 Å². The van der Waals surface area contributed by atoms with Crippen LogP contribution in [-0.4, -0.2) is 5.91 Å². The highest BCUT2D eigenvalue weighted by Crippen LogP contribution is 2.26. The van der Waals surface area contributed by atoms with Crippen molar-refractivity contribution in [1.29, 1.82) is 0 Å². The number of hydrogen-bond donors (Lipinski definition) is 1. The summed E-state index contributed by atoms with van der Waals surface area (Å²) in [5.41, 5.74) is 2.73. The Hall–Kier alpha value is -1.13. The lowest BCUT2D eigenvalue weighted by molar-refractivity contribution is -0.125. The van der Waals surface area contributed by atoms with E-state index >= 15 is 0 Å². The van der Waals surface area contributed by atoms with Gasteiger partial charge in [-0.05, 0) is 58.5 Å². The Morgan fingerprint density at radius 1 is 1.25 bits per heavy atom. The zero-order chi connectivity index (χ0) is 13.9. The molecule has 1 atom stereocenters. The van der Waals surface area contributed by atoms with Crippen LogP contribution < -0.4 is 5.32 Å². The van der Waals surface area contributed by atoms with Crippen molar-refractivity contribution in [3.05, 3.63) is 56.2 Å². The monoisotopic (exact) mass is 349 g/mol. The molecule has 0 saturated carbocycles. The third-order valence-corrected chi connectivity index (χ3v) is 5.41. The number of amides is 1. The molecule has 1 unspecified atom stereocenters. The van der Waals surface area contributed by atoms with Crippen LogP contribution in [0, 0.1) is 5.92 Å². The number of nitrogens with one attached hydrogen (secondary N) is 1. The minimum atomic E-state index is 0.119. The van der Waals surface area contributed by atoms with Gasteiger partial charge >= 0.3 is 0 Å². The normalized spacial score (nSPS) is 17.6. The van der Waals surface area contributed by atoms with E-state index in [0.717, 1.165) is 23.0 Å². The van der Waals surface area contributed by atoms with E-state index in [9.17, 15) is 4.79 Å². The highest BCUT2D eigenvalue weighted by atomic mass is 79.9. The molecule has 1 aliphatic rings. The highest BCUT2D eigenvalue weighted by molar-refractivity contribution is 9.11. The van der Waals surface area contributed by atoms with E-state index in [-0.39, 0.29) is 11.8 Å². The van der Waals surface area contributed by atoms with Gasteiger partial charge in [0.1, 0.15) is 0 Å². The van der Waals surface area contributed by atoms with Gasteiger partial charge in [0, 0.05) is 10.8 Å². The maximum Gasteiger partial charge on any atom is 0.223 e. The van der Waals surface area contributed by atoms with Crippen LogP contribution in [0.3, 0.4) is 0 Å². The molecular formula is C16H16BrNOS. The topological polar surface area (TPSA) is 29.1 Å². The van der Waals surface area contributed by atoms with E-state index in [1.807, 2.05) is 12.1 Å². The Morgan fingerprint density at radius 2 is 2.05 bits per heavy atom. The Morgan fingerprint density at radius 3 is 2.80 bits per heavy atom. The molecule has 2 aromatic rings. The second kappa shape index (κ2) is 6.10. The number of halogens is 1. The molecule has 1 N–H and O–H groups in total. The molecule has 0 spiro atoms. The van der Waals surface area contributed by atoms with Gasteiger partial charge in [-0.2, -0.15) is 0 Å². The van der Waals surface area contributed by atoms with Crippen LogP contribution in [-0.2, 0) is 24.2 Å². The summed E-state index contributed by atoms with van der Waals surface area (Å²) in [5.74, 6) is 0.303. The fourth-order valence-electron chi connectivity index (χ4n) is 2.69. The van der Waals surface area contributed by atoms with Crippen LogP contribution in [0.25, 0.3) is 0 Å². The van der Waals surface area contributed by atoms with Crippen LogP contribution in [0.1, 0.15) is 22.4 Å². The van der Waals surface area contributed by atoms with Gasteiger partial charge in [-0.25, -0.2) is 0 Å². The first-order valence-electron chi connectivity index (χ1n) is 6.81. The third-order valence-electron chi connectivity index (χ3n) is 3.78. The summed E-state index contributed by atoms with van der Waals surface area (Å²) < 4.78 is 1.10. The van der Waals surface area contributed by atoms with Gasteiger partial charge in [0.15, 0.2) is 0 Å². The second-order valence-corrected chi connectivity index (χ2v) is 7.68. The predicted molar refractivity (Wildman–Crippen MR) is 85.8 cm³/mol. The molecule has 0 fully saturated rings. The van der Waals surface area contributed by atoms with Gasteiger partial charge in [0.05, 0.1) is 10.3 Å². The fourth-order valence-corrected chi connectivity index (χ4v) is 4.11. The van der Waals surface area contributed by atoms with Crippen molar-refractivity contribution in [2.45, 2.75) is 25.8 Å². The van der Waals surface area contributed by atoms with Gasteiger partial charge < -0.3 is 5.32 Å². The maximum absolute atomic E-state index is 12.3. The SMILES string of the molecule is O=C(NCc1ccc(Br)s1)C1CCc2ccccc2C1. The van der Waals surface area contributed by atoms with E-state index in [0.29, 0.717) is 6.54 Å². The Labute approximate surface area is 131 Å². The smallest absolute Gasteiger partial charge is 0.223 e. The van der Waals surface area contributed by atoms with Gasteiger partial charge in [0.25, 0.3) is 0 Å². The van der Waals surface area contributed by atoms with Gasteiger partial charge in [-0.1, -0.05) is 24.3 Å². The van der Waals surface area contributed by atoms with E-state index < -0.39 is 0 Å². The van der Waals surface area contributed by atoms with Crippen LogP contribution in [0.2, 0.25) is 0 Å². The predicted octanol–water partition coefficient (Wildman–Crippen LogP) is 3.93. The summed E-state index contributed by atoms with van der Waals surface area (Å²) in [5, 5.41) is 3.06. The number of rotatable bonds is 3. The summed E-state index contributed by atoms with van der Waals surface area (Å²) in [6.07, 6.45) is 2.84. The Kier molecular flexibility index (Phi) is 4.22. The number of benzene rings is 1. The van der Waals surface area contributed by atoms with Crippen molar-refractivity contribution in [3.63, 3.8) is 0 Å². The summed E-state index contributed by atoms with van der Waals surface area (Å²) in [6, 6.07) is 12.5. The molecule has 1 aromatic carbocycles. The minimum Gasteiger partial charge on any atom is -0.351 e. The van der Waals surface area contributed by atoms with E-state index in [1.165, 1.54) is 16.0 Å². The molecule has 1 heterocycles. The largest absolute Gasteiger partial charge is 0.351 e. The summed E-state index contributed by atoms with van der Waals surface area (Å²) >= 11 is 5.11. The Balaban J connectivity index is 1.59. The zero-order valence-electron chi connectivity index (χ0n) is 11.1. The first-order valence-corrected chi connectivity index (χ1v) is 8.42. The first kappa shape index (κ1) is 13.8. The van der Waals surface area contributed by atoms with Gasteiger partial charge in [0.2, 0.25) is 5.91 Å². The van der Waals surface area contributed by atoms with Crippen LogP contribution in [0.15, 0.2) is 40.2 Å². The van der Waals surface area contributed by atoms with Crippen molar-refractivity contribution in [1.82, 2.24) is 5.32 Å². The first-order chi connectivity index (χ1) is 9.72. The maximum atomic E-state index is 12.3. The van der Waals surface area contributed by atoms with E-state index in [4.69, 9.17) is 0 Å². The fraction of sp³-hybridized carbons (Fsp3) is 0.312. The average molecular weight is 350 g/mol. The summed E-state index contributed by atoms with van der Waals surface area (Å²) in [4.78, 5) is 13.5. The van der Waals surface area contributed by atoms with Gasteiger partial charge in [-0.3, -0.25) is 4.79 Å². The standard InChI is InChI=1S/C16H16BrNOS/c17-15-8-7-14(20-15)10-18-16(19)13-6-5-11-3-1-2-4-12(11)9-13/h1-4,7-8,13H,5-6,9-10H2,(H,18,19). The van der Waals surface area contributed by atoms with E-state index in [2.05, 4.69) is 45.5 Å². The van der Waals surface area contributed by atoms with Crippen LogP contribution in [0.5, 0.6) is 0 Å². The number of carbonyl (C=O) groups is 1.